The molecule has 1 N–H and O–H groups in total. The predicted molar refractivity (Wildman–Crippen MR) is 89.3 cm³/mol. The molecule has 0 fully saturated rings. The van der Waals surface area contributed by atoms with Gasteiger partial charge in [0, 0.05) is 19.8 Å². The van der Waals surface area contributed by atoms with Gasteiger partial charge in [-0.25, -0.2) is 0 Å². The van der Waals surface area contributed by atoms with Crippen molar-refractivity contribution < 1.29 is 4.74 Å². The molecule has 2 rings (SSSR count). The van der Waals surface area contributed by atoms with E-state index in [9.17, 15) is 0 Å². The lowest BCUT2D eigenvalue weighted by atomic mass is 9.94. The van der Waals surface area contributed by atoms with Crippen LogP contribution in [0.25, 0.3) is 11.1 Å². The smallest absolute Gasteiger partial charge is 0.0488 e. The number of methoxy groups -OCH3 is 1. The minimum Gasteiger partial charge on any atom is -0.384 e. The molecule has 2 unspecified atom stereocenters. The number of ether oxygens (including phenoxy) is 1. The Balaban J connectivity index is 2.09. The molecule has 112 valence electrons. The summed E-state index contributed by atoms with van der Waals surface area (Å²) >= 11 is 0. The van der Waals surface area contributed by atoms with Gasteiger partial charge in [0.2, 0.25) is 0 Å². The summed E-state index contributed by atoms with van der Waals surface area (Å²) in [5.74, 6) is 0.543. The summed E-state index contributed by atoms with van der Waals surface area (Å²) in [6, 6.07) is 19.7. The van der Waals surface area contributed by atoms with Crippen LogP contribution in [0.1, 0.15) is 24.9 Å². The molecule has 0 aliphatic rings. The van der Waals surface area contributed by atoms with Crippen LogP contribution in [0.5, 0.6) is 0 Å². The van der Waals surface area contributed by atoms with Crippen LogP contribution in [-0.2, 0) is 4.74 Å². The van der Waals surface area contributed by atoms with Crippen LogP contribution in [0.15, 0.2) is 54.6 Å². The Kier molecular flexibility index (Phi) is 5.97. The summed E-state index contributed by atoms with van der Waals surface area (Å²) in [4.78, 5) is 0. The summed E-state index contributed by atoms with van der Waals surface area (Å²) in [5.41, 5.74) is 3.86. The Hall–Kier alpha value is -1.64. The Morgan fingerprint density at radius 3 is 2.14 bits per heavy atom. The summed E-state index contributed by atoms with van der Waals surface area (Å²) in [6.07, 6.45) is 1.08. The molecule has 21 heavy (non-hydrogen) atoms. The molecular weight excluding hydrogens is 258 g/mol. The van der Waals surface area contributed by atoms with Gasteiger partial charge >= 0.3 is 0 Å². The van der Waals surface area contributed by atoms with E-state index in [4.69, 9.17) is 4.74 Å². The fraction of sp³-hybridized carbons (Fsp3) is 0.368. The molecule has 0 bridgehead atoms. The molecule has 0 aliphatic carbocycles. The second kappa shape index (κ2) is 7.96. The van der Waals surface area contributed by atoms with Crippen LogP contribution < -0.4 is 5.32 Å². The number of nitrogens with one attached hydrogen (secondary N) is 1. The van der Waals surface area contributed by atoms with E-state index in [1.54, 1.807) is 7.11 Å². The van der Waals surface area contributed by atoms with Crippen molar-refractivity contribution in [1.29, 1.82) is 0 Å². The second-order valence-corrected chi connectivity index (χ2v) is 5.63. The van der Waals surface area contributed by atoms with E-state index in [0.717, 1.165) is 13.0 Å². The van der Waals surface area contributed by atoms with Crippen molar-refractivity contribution in [2.75, 3.05) is 20.8 Å². The van der Waals surface area contributed by atoms with E-state index >= 15 is 0 Å². The summed E-state index contributed by atoms with van der Waals surface area (Å²) in [5, 5.41) is 3.41. The zero-order valence-corrected chi connectivity index (χ0v) is 13.2. The molecule has 2 aromatic rings. The monoisotopic (exact) mass is 283 g/mol. The average Bonchev–Trinajstić information content (AvgIpc) is 2.54. The van der Waals surface area contributed by atoms with Crippen LogP contribution in [0.3, 0.4) is 0 Å². The molecule has 0 aromatic heterocycles. The van der Waals surface area contributed by atoms with Crippen molar-refractivity contribution in [2.24, 2.45) is 5.92 Å². The lowest BCUT2D eigenvalue weighted by Crippen LogP contribution is -2.20. The van der Waals surface area contributed by atoms with E-state index in [2.05, 4.69) is 60.8 Å². The zero-order chi connectivity index (χ0) is 15.1. The summed E-state index contributed by atoms with van der Waals surface area (Å²) < 4.78 is 5.23. The molecule has 0 amide bonds. The van der Waals surface area contributed by atoms with Crippen molar-refractivity contribution in [3.63, 3.8) is 0 Å². The number of hydrogen-bond acceptors (Lipinski definition) is 2. The maximum absolute atomic E-state index is 5.23. The predicted octanol–water partition coefficient (Wildman–Crippen LogP) is 4.29. The molecule has 2 atom stereocenters. The third kappa shape index (κ3) is 4.42. The number of rotatable bonds is 7. The molecule has 0 heterocycles. The van der Waals surface area contributed by atoms with Crippen molar-refractivity contribution in [3.8, 4) is 11.1 Å². The Morgan fingerprint density at radius 2 is 1.57 bits per heavy atom. The fourth-order valence-electron chi connectivity index (χ4n) is 2.71. The van der Waals surface area contributed by atoms with E-state index in [0.29, 0.717) is 12.0 Å². The Labute approximate surface area is 128 Å². The van der Waals surface area contributed by atoms with Gasteiger partial charge < -0.3 is 10.1 Å². The van der Waals surface area contributed by atoms with Gasteiger partial charge in [-0.2, -0.15) is 0 Å². The van der Waals surface area contributed by atoms with Crippen molar-refractivity contribution >= 4 is 0 Å². The normalized spacial score (nSPS) is 13.9. The van der Waals surface area contributed by atoms with E-state index in [-0.39, 0.29) is 0 Å². The third-order valence-corrected chi connectivity index (χ3v) is 3.86. The highest BCUT2D eigenvalue weighted by atomic mass is 16.5. The first-order chi connectivity index (χ1) is 10.2. The Bertz CT molecular complexity index is 521. The molecule has 0 radical (unpaired) electrons. The molecule has 2 heteroatoms. The highest BCUT2D eigenvalue weighted by Crippen LogP contribution is 2.25. The average molecular weight is 283 g/mol. The fourth-order valence-corrected chi connectivity index (χ4v) is 2.71. The molecule has 0 saturated carbocycles. The van der Waals surface area contributed by atoms with Crippen molar-refractivity contribution in [1.82, 2.24) is 5.32 Å². The maximum Gasteiger partial charge on any atom is 0.0488 e. The van der Waals surface area contributed by atoms with Gasteiger partial charge in [-0.1, -0.05) is 61.5 Å². The van der Waals surface area contributed by atoms with Crippen molar-refractivity contribution in [3.05, 3.63) is 60.2 Å². The third-order valence-electron chi connectivity index (χ3n) is 3.86. The largest absolute Gasteiger partial charge is 0.384 e. The van der Waals surface area contributed by atoms with Crippen LogP contribution >= 0.6 is 0 Å². The lowest BCUT2D eigenvalue weighted by Gasteiger charge is -2.21. The first-order valence-corrected chi connectivity index (χ1v) is 7.56. The quantitative estimate of drug-likeness (QED) is 0.818. The number of benzene rings is 2. The molecule has 2 aromatic carbocycles. The minimum atomic E-state index is 0.375. The van der Waals surface area contributed by atoms with E-state index in [1.807, 2.05) is 13.1 Å². The molecular formula is C19H25NO. The van der Waals surface area contributed by atoms with Gasteiger partial charge in [-0.05, 0) is 36.1 Å². The van der Waals surface area contributed by atoms with Crippen LogP contribution in [0.4, 0.5) is 0 Å². The lowest BCUT2D eigenvalue weighted by molar-refractivity contribution is 0.150. The van der Waals surface area contributed by atoms with Crippen LogP contribution in [0.2, 0.25) is 0 Å². The van der Waals surface area contributed by atoms with Gasteiger partial charge in [0.15, 0.2) is 0 Å². The SMILES string of the molecule is CNC(CC(C)COC)c1ccc(-c2ccccc2)cc1. The molecule has 0 saturated heterocycles. The zero-order valence-electron chi connectivity index (χ0n) is 13.2. The van der Waals surface area contributed by atoms with Crippen LogP contribution in [0, 0.1) is 5.92 Å². The van der Waals surface area contributed by atoms with Gasteiger partial charge in [-0.3, -0.25) is 0 Å². The molecule has 2 nitrogen and oxygen atoms in total. The molecule has 0 aliphatic heterocycles. The number of hydrogen-bond donors (Lipinski definition) is 1. The van der Waals surface area contributed by atoms with Gasteiger partial charge in [-0.15, -0.1) is 0 Å². The molecule has 0 spiro atoms. The van der Waals surface area contributed by atoms with Crippen molar-refractivity contribution in [2.45, 2.75) is 19.4 Å². The van der Waals surface area contributed by atoms with E-state index < -0.39 is 0 Å². The highest BCUT2D eigenvalue weighted by molar-refractivity contribution is 5.63. The standard InChI is InChI=1S/C19H25NO/c1-15(14-21-3)13-19(20-2)18-11-9-17(10-12-18)16-7-5-4-6-8-16/h4-12,15,19-20H,13-14H2,1-3H3. The van der Waals surface area contributed by atoms with Gasteiger partial charge in [0.05, 0.1) is 0 Å². The van der Waals surface area contributed by atoms with Crippen LogP contribution in [-0.4, -0.2) is 20.8 Å². The highest BCUT2D eigenvalue weighted by Gasteiger charge is 2.13. The maximum atomic E-state index is 5.23. The summed E-state index contributed by atoms with van der Waals surface area (Å²) in [6.45, 7) is 3.03. The minimum absolute atomic E-state index is 0.375. The topological polar surface area (TPSA) is 21.3 Å². The summed E-state index contributed by atoms with van der Waals surface area (Å²) in [7, 11) is 3.79. The first kappa shape index (κ1) is 15.7. The second-order valence-electron chi connectivity index (χ2n) is 5.63. The first-order valence-electron chi connectivity index (χ1n) is 7.56. The van der Waals surface area contributed by atoms with Gasteiger partial charge in [0.25, 0.3) is 0 Å². The van der Waals surface area contributed by atoms with E-state index in [1.165, 1.54) is 16.7 Å². The Morgan fingerprint density at radius 1 is 0.952 bits per heavy atom. The van der Waals surface area contributed by atoms with Gasteiger partial charge in [0.1, 0.15) is 0 Å².